The Morgan fingerprint density at radius 2 is 2.33 bits per heavy atom. The van der Waals surface area contributed by atoms with Gasteiger partial charge in [-0.15, -0.1) is 5.10 Å². The average Bonchev–Trinajstić information content (AvgIpc) is 2.79. The van der Waals surface area contributed by atoms with Crippen LogP contribution in [-0.2, 0) is 6.54 Å². The summed E-state index contributed by atoms with van der Waals surface area (Å²) in [6.45, 7) is 2.96. The number of hydrogen-bond acceptors (Lipinski definition) is 4. The molecule has 1 atom stereocenters. The Bertz CT molecular complexity index is 511. The average molecular weight is 357 g/mol. The van der Waals surface area contributed by atoms with Gasteiger partial charge in [-0.25, -0.2) is 10.1 Å². The third kappa shape index (κ3) is 2.88. The van der Waals surface area contributed by atoms with E-state index in [1.165, 1.54) is 3.57 Å². The highest BCUT2D eigenvalue weighted by atomic mass is 127. The smallest absolute Gasteiger partial charge is 0.0895 e. The van der Waals surface area contributed by atoms with Gasteiger partial charge in [0.05, 0.1) is 17.9 Å². The Hall–Kier alpha value is -0.990. The minimum atomic E-state index is -0.0822. The first-order valence-electron chi connectivity index (χ1n) is 5.86. The fraction of sp³-hybridized carbons (Fsp3) is 0.333. The molecule has 1 aromatic heterocycles. The zero-order valence-corrected chi connectivity index (χ0v) is 12.3. The van der Waals surface area contributed by atoms with Gasteiger partial charge in [-0.05, 0) is 46.7 Å². The molecule has 0 spiro atoms. The predicted octanol–water partition coefficient (Wildman–Crippen LogP) is 1.85. The molecule has 18 heavy (non-hydrogen) atoms. The van der Waals surface area contributed by atoms with Crippen LogP contribution in [-0.4, -0.2) is 15.0 Å². The second-order valence-electron chi connectivity index (χ2n) is 4.04. The van der Waals surface area contributed by atoms with E-state index in [0.717, 1.165) is 24.2 Å². The first-order chi connectivity index (χ1) is 8.76. The number of halogens is 1. The molecule has 0 aliphatic heterocycles. The molecule has 0 fully saturated rings. The van der Waals surface area contributed by atoms with Gasteiger partial charge in [0.1, 0.15) is 0 Å². The topological polar surface area (TPSA) is 68.8 Å². The van der Waals surface area contributed by atoms with Crippen molar-refractivity contribution in [2.24, 2.45) is 5.84 Å². The van der Waals surface area contributed by atoms with E-state index < -0.39 is 0 Å². The fourth-order valence-corrected chi connectivity index (χ4v) is 2.48. The molecule has 0 amide bonds. The van der Waals surface area contributed by atoms with Gasteiger partial charge in [0, 0.05) is 10.1 Å². The number of aryl methyl sites for hydroxylation is 1. The number of benzene rings is 1. The number of hydrazine groups is 1. The van der Waals surface area contributed by atoms with Crippen molar-refractivity contribution in [2.45, 2.75) is 25.9 Å². The Balaban J connectivity index is 2.36. The molecule has 3 N–H and O–H groups in total. The number of hydrogen-bond donors (Lipinski definition) is 2. The largest absolute Gasteiger partial charge is 0.271 e. The third-order valence-electron chi connectivity index (χ3n) is 2.73. The van der Waals surface area contributed by atoms with Gasteiger partial charge in [0.25, 0.3) is 0 Å². The van der Waals surface area contributed by atoms with Gasteiger partial charge in [0.15, 0.2) is 0 Å². The zero-order chi connectivity index (χ0) is 13.0. The van der Waals surface area contributed by atoms with Crippen molar-refractivity contribution in [3.05, 3.63) is 45.3 Å². The summed E-state index contributed by atoms with van der Waals surface area (Å²) in [6.07, 6.45) is 2.78. The molecule has 6 heteroatoms. The van der Waals surface area contributed by atoms with Gasteiger partial charge in [-0.1, -0.05) is 24.3 Å². The molecule has 2 aromatic rings. The lowest BCUT2D eigenvalue weighted by Crippen LogP contribution is -2.30. The lowest BCUT2D eigenvalue weighted by molar-refractivity contribution is 0.512. The maximum Gasteiger partial charge on any atom is 0.0895 e. The summed E-state index contributed by atoms with van der Waals surface area (Å²) < 4.78 is 3.07. The van der Waals surface area contributed by atoms with Crippen LogP contribution >= 0.6 is 22.6 Å². The molecule has 96 valence electrons. The third-order valence-corrected chi connectivity index (χ3v) is 3.40. The quantitative estimate of drug-likeness (QED) is 0.487. The van der Waals surface area contributed by atoms with Gasteiger partial charge in [-0.2, -0.15) is 0 Å². The SMILES string of the molecule is CCCn1nncc1C(NN)c1cccc(I)c1. The van der Waals surface area contributed by atoms with Crippen LogP contribution in [0.4, 0.5) is 0 Å². The van der Waals surface area contributed by atoms with Crippen molar-refractivity contribution in [1.82, 2.24) is 20.4 Å². The van der Waals surface area contributed by atoms with Crippen LogP contribution in [0.5, 0.6) is 0 Å². The van der Waals surface area contributed by atoms with Crippen molar-refractivity contribution in [1.29, 1.82) is 0 Å². The standard InChI is InChI=1S/C12H16IN5/c1-2-6-18-11(8-15-17-18)12(16-14)9-4-3-5-10(13)7-9/h3-5,7-8,12,16H,2,6,14H2,1H3. The van der Waals surface area contributed by atoms with Crippen molar-refractivity contribution in [2.75, 3.05) is 0 Å². The predicted molar refractivity (Wildman–Crippen MR) is 78.6 cm³/mol. The van der Waals surface area contributed by atoms with Crippen molar-refractivity contribution >= 4 is 22.6 Å². The van der Waals surface area contributed by atoms with Crippen LogP contribution in [0.2, 0.25) is 0 Å². The van der Waals surface area contributed by atoms with Crippen molar-refractivity contribution in [3.63, 3.8) is 0 Å². The van der Waals surface area contributed by atoms with E-state index in [1.807, 2.05) is 10.7 Å². The van der Waals surface area contributed by atoms with E-state index in [1.54, 1.807) is 6.20 Å². The molecule has 2 rings (SSSR count). The van der Waals surface area contributed by atoms with E-state index in [-0.39, 0.29) is 6.04 Å². The highest BCUT2D eigenvalue weighted by Gasteiger charge is 2.17. The first-order valence-corrected chi connectivity index (χ1v) is 6.94. The molecule has 1 aromatic carbocycles. The van der Waals surface area contributed by atoms with E-state index in [4.69, 9.17) is 5.84 Å². The van der Waals surface area contributed by atoms with E-state index in [0.29, 0.717) is 0 Å². The van der Waals surface area contributed by atoms with Crippen molar-refractivity contribution in [3.8, 4) is 0 Å². The van der Waals surface area contributed by atoms with E-state index in [2.05, 4.69) is 63.5 Å². The summed E-state index contributed by atoms with van der Waals surface area (Å²) in [5.74, 6) is 5.69. The Morgan fingerprint density at radius 1 is 1.50 bits per heavy atom. The molecule has 0 radical (unpaired) electrons. The maximum atomic E-state index is 5.69. The van der Waals surface area contributed by atoms with E-state index in [9.17, 15) is 0 Å². The normalized spacial score (nSPS) is 12.6. The van der Waals surface area contributed by atoms with Crippen LogP contribution in [0.15, 0.2) is 30.5 Å². The first kappa shape index (κ1) is 13.4. The number of nitrogens with one attached hydrogen (secondary N) is 1. The molecule has 1 heterocycles. The van der Waals surface area contributed by atoms with Crippen LogP contribution < -0.4 is 11.3 Å². The highest BCUT2D eigenvalue weighted by molar-refractivity contribution is 14.1. The Kier molecular flexibility index (Phi) is 4.67. The van der Waals surface area contributed by atoms with Crippen LogP contribution in [0.3, 0.4) is 0 Å². The molecule has 0 aliphatic carbocycles. The number of aromatic nitrogens is 3. The molecular weight excluding hydrogens is 341 g/mol. The number of nitrogens with zero attached hydrogens (tertiary/aromatic N) is 3. The van der Waals surface area contributed by atoms with Gasteiger partial charge >= 0.3 is 0 Å². The van der Waals surface area contributed by atoms with Crippen molar-refractivity contribution < 1.29 is 0 Å². The summed E-state index contributed by atoms with van der Waals surface area (Å²) in [5.41, 5.74) is 4.94. The minimum absolute atomic E-state index is 0.0822. The van der Waals surface area contributed by atoms with Crippen LogP contribution in [0, 0.1) is 3.57 Å². The maximum absolute atomic E-state index is 5.69. The minimum Gasteiger partial charge on any atom is -0.271 e. The second kappa shape index (κ2) is 6.26. The summed E-state index contributed by atoms with van der Waals surface area (Å²) >= 11 is 2.29. The highest BCUT2D eigenvalue weighted by Crippen LogP contribution is 2.22. The van der Waals surface area contributed by atoms with Crippen LogP contribution in [0.25, 0.3) is 0 Å². The Morgan fingerprint density at radius 3 is 3.00 bits per heavy atom. The summed E-state index contributed by atoms with van der Waals surface area (Å²) in [7, 11) is 0. The number of nitrogens with two attached hydrogens (primary N) is 1. The van der Waals surface area contributed by atoms with Crippen LogP contribution in [0.1, 0.15) is 30.6 Å². The van der Waals surface area contributed by atoms with Gasteiger partial charge in [-0.3, -0.25) is 5.84 Å². The second-order valence-corrected chi connectivity index (χ2v) is 5.28. The lowest BCUT2D eigenvalue weighted by Gasteiger charge is -2.17. The number of rotatable bonds is 5. The molecule has 0 aliphatic rings. The monoisotopic (exact) mass is 357 g/mol. The molecule has 1 unspecified atom stereocenters. The van der Waals surface area contributed by atoms with Gasteiger partial charge in [0.2, 0.25) is 0 Å². The van der Waals surface area contributed by atoms with Gasteiger partial charge < -0.3 is 0 Å². The zero-order valence-electron chi connectivity index (χ0n) is 10.2. The lowest BCUT2D eigenvalue weighted by atomic mass is 10.1. The molecule has 0 saturated heterocycles. The summed E-state index contributed by atoms with van der Waals surface area (Å²) in [5, 5.41) is 8.07. The molecule has 0 bridgehead atoms. The molecule has 0 saturated carbocycles. The Labute approximate surface area is 120 Å². The fourth-order valence-electron chi connectivity index (χ4n) is 1.91. The summed E-state index contributed by atoms with van der Waals surface area (Å²) in [6, 6.07) is 8.15. The molecular formula is C12H16IN5. The molecule has 5 nitrogen and oxygen atoms in total. The summed E-state index contributed by atoms with van der Waals surface area (Å²) in [4.78, 5) is 0. The van der Waals surface area contributed by atoms with E-state index >= 15 is 0 Å².